The fourth-order valence-corrected chi connectivity index (χ4v) is 1.93. The van der Waals surface area contributed by atoms with E-state index in [-0.39, 0.29) is 0 Å². The smallest absolute Gasteiger partial charge is 0.409 e. The lowest BCUT2D eigenvalue weighted by Gasteiger charge is -1.90. The molecule has 66 valence electrons. The summed E-state index contributed by atoms with van der Waals surface area (Å²) in [6.07, 6.45) is 0.634. The van der Waals surface area contributed by atoms with E-state index in [4.69, 9.17) is 5.11 Å². The van der Waals surface area contributed by atoms with Crippen LogP contribution in [-0.2, 0) is 0 Å². The number of carbonyl (C=O) groups is 1. The molecule has 0 atom stereocenters. The number of fused-ring (bicyclic) bond motifs is 1. The number of pyridine rings is 1. The van der Waals surface area contributed by atoms with Crippen molar-refractivity contribution in [3.63, 3.8) is 0 Å². The Hall–Kier alpha value is -1.62. The van der Waals surface area contributed by atoms with Gasteiger partial charge in [-0.25, -0.2) is 9.78 Å². The van der Waals surface area contributed by atoms with Crippen LogP contribution in [0.15, 0.2) is 24.4 Å². The lowest BCUT2D eigenvalue weighted by Crippen LogP contribution is -2.05. The van der Waals surface area contributed by atoms with Crippen LogP contribution in [0.4, 0.5) is 9.80 Å². The van der Waals surface area contributed by atoms with Gasteiger partial charge in [-0.05, 0) is 12.1 Å². The molecular weight excluding hydrogens is 188 g/mol. The zero-order chi connectivity index (χ0) is 9.26. The first kappa shape index (κ1) is 8.00. The molecule has 5 heteroatoms. The van der Waals surface area contributed by atoms with Crippen LogP contribution in [0.2, 0.25) is 0 Å². The van der Waals surface area contributed by atoms with Gasteiger partial charge in [0.25, 0.3) is 0 Å². The van der Waals surface area contributed by atoms with Gasteiger partial charge in [-0.2, -0.15) is 0 Å². The predicted molar refractivity (Wildman–Crippen MR) is 51.3 cm³/mol. The van der Waals surface area contributed by atoms with Crippen molar-refractivity contribution >= 4 is 32.6 Å². The van der Waals surface area contributed by atoms with E-state index >= 15 is 0 Å². The number of thiophene rings is 1. The predicted octanol–water partition coefficient (Wildman–Crippen LogP) is 2.39. The standard InChI is InChI=1S/C8H6N2O2S/c11-8(12)10-6-4-5-2-1-3-9-7(5)13-6/h1-4,10H,(H,11,12). The van der Waals surface area contributed by atoms with Gasteiger partial charge in [-0.15, -0.1) is 0 Å². The molecule has 0 saturated heterocycles. The molecule has 2 rings (SSSR count). The summed E-state index contributed by atoms with van der Waals surface area (Å²) in [4.78, 5) is 15.3. The van der Waals surface area contributed by atoms with Crippen LogP contribution in [0.1, 0.15) is 0 Å². The average Bonchev–Trinajstić information content (AvgIpc) is 2.44. The molecule has 0 unspecified atom stereocenters. The van der Waals surface area contributed by atoms with E-state index < -0.39 is 6.09 Å². The molecule has 2 N–H and O–H groups in total. The minimum absolute atomic E-state index is 0.598. The summed E-state index contributed by atoms with van der Waals surface area (Å²) < 4.78 is 0. The summed E-state index contributed by atoms with van der Waals surface area (Å²) in [5.41, 5.74) is 0. The highest BCUT2D eigenvalue weighted by molar-refractivity contribution is 7.22. The minimum Gasteiger partial charge on any atom is -0.465 e. The van der Waals surface area contributed by atoms with E-state index in [1.165, 1.54) is 11.3 Å². The number of amides is 1. The van der Waals surface area contributed by atoms with Gasteiger partial charge in [0, 0.05) is 11.6 Å². The SMILES string of the molecule is O=C(O)Nc1cc2cccnc2s1. The minimum atomic E-state index is -1.05. The van der Waals surface area contributed by atoms with Gasteiger partial charge in [0.1, 0.15) is 9.83 Å². The Morgan fingerprint density at radius 2 is 2.46 bits per heavy atom. The first-order valence-corrected chi connectivity index (χ1v) is 4.42. The number of carboxylic acid groups (broad SMARTS) is 1. The first-order valence-electron chi connectivity index (χ1n) is 3.60. The van der Waals surface area contributed by atoms with Crippen molar-refractivity contribution in [3.8, 4) is 0 Å². The first-order chi connectivity index (χ1) is 6.25. The molecule has 0 aliphatic heterocycles. The van der Waals surface area contributed by atoms with Gasteiger partial charge in [0.15, 0.2) is 0 Å². The average molecular weight is 194 g/mol. The Bertz CT molecular complexity index is 419. The molecule has 0 radical (unpaired) electrons. The lowest BCUT2D eigenvalue weighted by atomic mass is 10.3. The van der Waals surface area contributed by atoms with Gasteiger partial charge in [0.2, 0.25) is 0 Å². The molecule has 0 bridgehead atoms. The highest BCUT2D eigenvalue weighted by atomic mass is 32.1. The van der Waals surface area contributed by atoms with Crippen molar-refractivity contribution in [2.45, 2.75) is 0 Å². The third-order valence-electron chi connectivity index (χ3n) is 1.52. The highest BCUT2D eigenvalue weighted by Gasteiger charge is 2.03. The Labute approximate surface area is 77.8 Å². The summed E-state index contributed by atoms with van der Waals surface area (Å²) >= 11 is 1.32. The topological polar surface area (TPSA) is 62.2 Å². The molecular formula is C8H6N2O2S. The fraction of sp³-hybridized carbons (Fsp3) is 0. The number of hydrogen-bond acceptors (Lipinski definition) is 3. The van der Waals surface area contributed by atoms with E-state index in [1.807, 2.05) is 12.1 Å². The van der Waals surface area contributed by atoms with Crippen LogP contribution in [-0.4, -0.2) is 16.2 Å². The Morgan fingerprint density at radius 1 is 1.62 bits per heavy atom. The maximum Gasteiger partial charge on any atom is 0.409 e. The second kappa shape index (κ2) is 3.02. The summed E-state index contributed by atoms with van der Waals surface area (Å²) in [7, 11) is 0. The van der Waals surface area contributed by atoms with Gasteiger partial charge in [0.05, 0.1) is 0 Å². The molecule has 0 aliphatic carbocycles. The van der Waals surface area contributed by atoms with Crippen molar-refractivity contribution in [2.24, 2.45) is 0 Å². The van der Waals surface area contributed by atoms with Crippen LogP contribution in [0, 0.1) is 0 Å². The van der Waals surface area contributed by atoms with E-state index in [0.29, 0.717) is 5.00 Å². The summed E-state index contributed by atoms with van der Waals surface area (Å²) in [5.74, 6) is 0. The molecule has 2 aromatic heterocycles. The maximum absolute atomic E-state index is 10.3. The third-order valence-corrected chi connectivity index (χ3v) is 2.50. The van der Waals surface area contributed by atoms with Crippen molar-refractivity contribution in [1.29, 1.82) is 0 Å². The van der Waals surface area contributed by atoms with E-state index in [0.717, 1.165) is 10.2 Å². The molecule has 0 fully saturated rings. The van der Waals surface area contributed by atoms with Gasteiger partial charge >= 0.3 is 6.09 Å². The molecule has 1 amide bonds. The number of nitrogens with one attached hydrogen (secondary N) is 1. The van der Waals surface area contributed by atoms with Gasteiger partial charge < -0.3 is 5.11 Å². The Kier molecular flexibility index (Phi) is 1.86. The normalized spacial score (nSPS) is 10.2. The number of anilines is 1. The molecule has 0 saturated carbocycles. The number of rotatable bonds is 1. The maximum atomic E-state index is 10.3. The Morgan fingerprint density at radius 3 is 3.15 bits per heavy atom. The second-order valence-corrected chi connectivity index (χ2v) is 3.47. The number of hydrogen-bond donors (Lipinski definition) is 2. The van der Waals surface area contributed by atoms with Crippen LogP contribution in [0.25, 0.3) is 10.2 Å². The quantitative estimate of drug-likeness (QED) is 0.732. The molecule has 2 aromatic rings. The highest BCUT2D eigenvalue weighted by Crippen LogP contribution is 2.27. The third kappa shape index (κ3) is 1.59. The molecule has 2 heterocycles. The van der Waals surface area contributed by atoms with Crippen LogP contribution in [0.3, 0.4) is 0 Å². The van der Waals surface area contributed by atoms with Crippen molar-refractivity contribution in [2.75, 3.05) is 5.32 Å². The molecule has 13 heavy (non-hydrogen) atoms. The zero-order valence-electron chi connectivity index (χ0n) is 6.52. The Balaban J connectivity index is 2.44. The summed E-state index contributed by atoms with van der Waals surface area (Å²) in [6, 6.07) is 5.48. The second-order valence-electron chi connectivity index (χ2n) is 2.44. The van der Waals surface area contributed by atoms with Crippen molar-refractivity contribution in [3.05, 3.63) is 24.4 Å². The number of nitrogens with zero attached hydrogens (tertiary/aromatic N) is 1. The van der Waals surface area contributed by atoms with Gasteiger partial charge in [-0.1, -0.05) is 17.4 Å². The van der Waals surface area contributed by atoms with E-state index in [1.54, 1.807) is 12.3 Å². The number of aromatic nitrogens is 1. The van der Waals surface area contributed by atoms with E-state index in [2.05, 4.69) is 10.3 Å². The summed E-state index contributed by atoms with van der Waals surface area (Å²) in [6.45, 7) is 0. The van der Waals surface area contributed by atoms with Crippen molar-refractivity contribution in [1.82, 2.24) is 4.98 Å². The molecule has 4 nitrogen and oxygen atoms in total. The van der Waals surface area contributed by atoms with Crippen LogP contribution >= 0.6 is 11.3 Å². The van der Waals surface area contributed by atoms with Crippen LogP contribution < -0.4 is 5.32 Å². The zero-order valence-corrected chi connectivity index (χ0v) is 7.34. The van der Waals surface area contributed by atoms with E-state index in [9.17, 15) is 4.79 Å². The largest absolute Gasteiger partial charge is 0.465 e. The monoisotopic (exact) mass is 194 g/mol. The molecule has 0 aromatic carbocycles. The van der Waals surface area contributed by atoms with Gasteiger partial charge in [-0.3, -0.25) is 5.32 Å². The van der Waals surface area contributed by atoms with Crippen LogP contribution in [0.5, 0.6) is 0 Å². The summed E-state index contributed by atoms with van der Waals surface area (Å²) in [5, 5.41) is 12.3. The fourth-order valence-electron chi connectivity index (χ4n) is 1.04. The van der Waals surface area contributed by atoms with Crippen molar-refractivity contribution < 1.29 is 9.90 Å². The molecule has 0 aliphatic rings. The lowest BCUT2D eigenvalue weighted by molar-refractivity contribution is 0.210. The molecule has 0 spiro atoms.